The highest BCUT2D eigenvalue weighted by atomic mass is 32.1. The summed E-state index contributed by atoms with van der Waals surface area (Å²) in [4.78, 5) is 16.3. The Morgan fingerprint density at radius 3 is 2.56 bits per heavy atom. The molecule has 0 atom stereocenters. The van der Waals surface area contributed by atoms with Gasteiger partial charge in [0, 0.05) is 17.5 Å². The van der Waals surface area contributed by atoms with Gasteiger partial charge in [-0.05, 0) is 42.0 Å². The van der Waals surface area contributed by atoms with Crippen LogP contribution in [0.15, 0.2) is 53.9 Å². The first-order valence-corrected chi connectivity index (χ1v) is 8.41. The van der Waals surface area contributed by atoms with Crippen molar-refractivity contribution < 1.29 is 13.9 Å². The van der Waals surface area contributed by atoms with Gasteiger partial charge in [0.25, 0.3) is 0 Å². The zero-order valence-corrected chi connectivity index (χ0v) is 14.3. The summed E-state index contributed by atoms with van der Waals surface area (Å²) in [6.45, 7) is 0.395. The van der Waals surface area contributed by atoms with E-state index in [-0.39, 0.29) is 11.8 Å². The van der Waals surface area contributed by atoms with Crippen molar-refractivity contribution in [2.75, 3.05) is 12.4 Å². The number of carbonyl (C=O) groups excluding carboxylic acids is 1. The zero-order chi connectivity index (χ0) is 17.6. The number of thiazole rings is 1. The Kier molecular flexibility index (Phi) is 5.25. The van der Waals surface area contributed by atoms with Crippen molar-refractivity contribution in [1.82, 2.24) is 10.3 Å². The third-order valence-corrected chi connectivity index (χ3v) is 4.23. The first-order valence-electron chi connectivity index (χ1n) is 7.53. The summed E-state index contributed by atoms with van der Waals surface area (Å²) in [5.41, 5.74) is 2.45. The number of hydrogen-bond donors (Lipinski definition) is 2. The molecule has 3 aromatic rings. The standard InChI is InChI=1S/C18H16FN3O2S/c1-24-15-8-2-12(3-9-15)10-20-17(23)22-18-21-16(11-25-18)13-4-6-14(19)7-5-13/h2-9,11H,10H2,1H3,(H2,20,21,22,23). The largest absolute Gasteiger partial charge is 0.497 e. The molecule has 3 rings (SSSR count). The first kappa shape index (κ1) is 16.9. The van der Waals surface area contributed by atoms with Gasteiger partial charge in [-0.15, -0.1) is 11.3 Å². The number of nitrogens with zero attached hydrogens (tertiary/aromatic N) is 1. The molecule has 2 amide bonds. The number of amides is 2. The number of benzene rings is 2. The minimum Gasteiger partial charge on any atom is -0.497 e. The van der Waals surface area contributed by atoms with Crippen LogP contribution in [0.1, 0.15) is 5.56 Å². The molecule has 25 heavy (non-hydrogen) atoms. The number of nitrogens with one attached hydrogen (secondary N) is 2. The van der Waals surface area contributed by atoms with E-state index in [1.165, 1.54) is 23.5 Å². The van der Waals surface area contributed by atoms with Crippen LogP contribution in [-0.4, -0.2) is 18.1 Å². The molecule has 2 aromatic carbocycles. The maximum Gasteiger partial charge on any atom is 0.321 e. The van der Waals surface area contributed by atoms with E-state index in [4.69, 9.17) is 4.74 Å². The highest BCUT2D eigenvalue weighted by Gasteiger charge is 2.08. The molecule has 0 unspecified atom stereocenters. The van der Waals surface area contributed by atoms with Crippen molar-refractivity contribution in [3.8, 4) is 17.0 Å². The van der Waals surface area contributed by atoms with E-state index in [2.05, 4.69) is 15.6 Å². The second-order valence-corrected chi connectivity index (χ2v) is 6.06. The molecule has 0 aliphatic carbocycles. The van der Waals surface area contributed by atoms with Gasteiger partial charge in [-0.2, -0.15) is 0 Å². The van der Waals surface area contributed by atoms with Gasteiger partial charge in [0.15, 0.2) is 5.13 Å². The molecular formula is C18H16FN3O2S. The Hall–Kier alpha value is -2.93. The van der Waals surface area contributed by atoms with Gasteiger partial charge in [-0.25, -0.2) is 14.2 Å². The molecule has 128 valence electrons. The molecule has 2 N–H and O–H groups in total. The molecule has 0 fully saturated rings. The number of carbonyl (C=O) groups is 1. The summed E-state index contributed by atoms with van der Waals surface area (Å²) in [6.07, 6.45) is 0. The van der Waals surface area contributed by atoms with Gasteiger partial charge < -0.3 is 10.1 Å². The summed E-state index contributed by atoms with van der Waals surface area (Å²) < 4.78 is 18.0. The molecule has 0 aliphatic rings. The van der Waals surface area contributed by atoms with Crippen LogP contribution in [0.25, 0.3) is 11.3 Å². The fourth-order valence-electron chi connectivity index (χ4n) is 2.15. The highest BCUT2D eigenvalue weighted by molar-refractivity contribution is 7.14. The van der Waals surface area contributed by atoms with Gasteiger partial charge in [-0.1, -0.05) is 12.1 Å². The van der Waals surface area contributed by atoms with Crippen molar-refractivity contribution in [3.05, 3.63) is 65.3 Å². The minimum absolute atomic E-state index is 0.296. The average molecular weight is 357 g/mol. The number of rotatable bonds is 5. The predicted molar refractivity (Wildman–Crippen MR) is 96.4 cm³/mol. The van der Waals surface area contributed by atoms with Gasteiger partial charge in [0.2, 0.25) is 0 Å². The lowest BCUT2D eigenvalue weighted by atomic mass is 10.2. The highest BCUT2D eigenvalue weighted by Crippen LogP contribution is 2.24. The van der Waals surface area contributed by atoms with E-state index < -0.39 is 0 Å². The number of aromatic nitrogens is 1. The lowest BCUT2D eigenvalue weighted by molar-refractivity contribution is 0.251. The van der Waals surface area contributed by atoms with Crippen LogP contribution in [0, 0.1) is 5.82 Å². The van der Waals surface area contributed by atoms with E-state index in [0.717, 1.165) is 16.9 Å². The first-order chi connectivity index (χ1) is 12.1. The van der Waals surface area contributed by atoms with E-state index >= 15 is 0 Å². The molecule has 5 nitrogen and oxygen atoms in total. The number of halogens is 1. The van der Waals surface area contributed by atoms with Crippen LogP contribution >= 0.6 is 11.3 Å². The molecule has 0 saturated carbocycles. The molecule has 0 spiro atoms. The number of anilines is 1. The topological polar surface area (TPSA) is 63.2 Å². The number of hydrogen-bond acceptors (Lipinski definition) is 4. The third kappa shape index (κ3) is 4.54. The van der Waals surface area contributed by atoms with Crippen LogP contribution < -0.4 is 15.4 Å². The number of urea groups is 1. The fourth-order valence-corrected chi connectivity index (χ4v) is 2.87. The summed E-state index contributed by atoms with van der Waals surface area (Å²) in [6, 6.07) is 13.2. The van der Waals surface area contributed by atoms with E-state index in [1.807, 2.05) is 29.6 Å². The van der Waals surface area contributed by atoms with Crippen molar-refractivity contribution in [1.29, 1.82) is 0 Å². The molecule has 0 aliphatic heterocycles. The van der Waals surface area contributed by atoms with Gasteiger partial charge in [0.05, 0.1) is 12.8 Å². The lowest BCUT2D eigenvalue weighted by Gasteiger charge is -2.06. The maximum atomic E-state index is 13.0. The Balaban J connectivity index is 1.55. The smallest absolute Gasteiger partial charge is 0.321 e. The van der Waals surface area contributed by atoms with E-state index in [1.54, 1.807) is 19.2 Å². The molecular weight excluding hydrogens is 341 g/mol. The second-order valence-electron chi connectivity index (χ2n) is 5.20. The Labute approximate surface area is 148 Å². The summed E-state index contributed by atoms with van der Waals surface area (Å²) in [5.74, 6) is 0.472. The number of methoxy groups -OCH3 is 1. The predicted octanol–water partition coefficient (Wildman–Crippen LogP) is 4.28. The lowest BCUT2D eigenvalue weighted by Crippen LogP contribution is -2.28. The molecule has 0 saturated heterocycles. The summed E-state index contributed by atoms with van der Waals surface area (Å²) in [5, 5.41) is 7.75. The Bertz CT molecular complexity index is 848. The zero-order valence-electron chi connectivity index (χ0n) is 13.5. The minimum atomic E-state index is -0.337. The third-order valence-electron chi connectivity index (χ3n) is 3.48. The van der Waals surface area contributed by atoms with Crippen LogP contribution in [-0.2, 0) is 6.54 Å². The number of ether oxygens (including phenoxy) is 1. The second kappa shape index (κ2) is 7.76. The average Bonchev–Trinajstić information content (AvgIpc) is 3.09. The Morgan fingerprint density at radius 2 is 1.88 bits per heavy atom. The van der Waals surface area contributed by atoms with Crippen molar-refractivity contribution in [2.24, 2.45) is 0 Å². The van der Waals surface area contributed by atoms with Crippen molar-refractivity contribution >= 4 is 22.5 Å². The Morgan fingerprint density at radius 1 is 1.16 bits per heavy atom. The maximum absolute atomic E-state index is 13.0. The van der Waals surface area contributed by atoms with Crippen LogP contribution in [0.4, 0.5) is 14.3 Å². The van der Waals surface area contributed by atoms with Gasteiger partial charge >= 0.3 is 6.03 Å². The van der Waals surface area contributed by atoms with Crippen LogP contribution in [0.2, 0.25) is 0 Å². The van der Waals surface area contributed by atoms with E-state index in [9.17, 15) is 9.18 Å². The normalized spacial score (nSPS) is 10.3. The summed E-state index contributed by atoms with van der Waals surface area (Å²) in [7, 11) is 1.61. The monoisotopic (exact) mass is 357 g/mol. The molecule has 1 aromatic heterocycles. The van der Waals surface area contributed by atoms with Crippen LogP contribution in [0.5, 0.6) is 5.75 Å². The fraction of sp³-hybridized carbons (Fsp3) is 0.111. The van der Waals surface area contributed by atoms with Gasteiger partial charge in [-0.3, -0.25) is 5.32 Å². The molecule has 1 heterocycles. The quantitative estimate of drug-likeness (QED) is 0.716. The molecule has 0 bridgehead atoms. The summed E-state index contributed by atoms with van der Waals surface area (Å²) >= 11 is 1.31. The van der Waals surface area contributed by atoms with Crippen molar-refractivity contribution in [2.45, 2.75) is 6.54 Å². The van der Waals surface area contributed by atoms with Crippen molar-refractivity contribution in [3.63, 3.8) is 0 Å². The SMILES string of the molecule is COc1ccc(CNC(=O)Nc2nc(-c3ccc(F)cc3)cs2)cc1. The van der Waals surface area contributed by atoms with E-state index in [0.29, 0.717) is 17.4 Å². The molecule has 7 heteroatoms. The van der Waals surface area contributed by atoms with Crippen LogP contribution in [0.3, 0.4) is 0 Å². The van der Waals surface area contributed by atoms with Gasteiger partial charge in [0.1, 0.15) is 11.6 Å². The molecule has 0 radical (unpaired) electrons.